The zero-order chi connectivity index (χ0) is 14.7. The molecule has 0 amide bonds. The standard InChI is InChI=1S/C14H13N3O3/c1-16-8-11(7-15)13(19)17(14(16)20)9-12(18)10-5-3-2-4-6-10/h2-6,8,12,18H,9H2,1H3. The molecule has 1 aromatic carbocycles. The van der Waals surface area contributed by atoms with Crippen molar-refractivity contribution in [1.29, 1.82) is 5.26 Å². The molecule has 2 aromatic rings. The van der Waals surface area contributed by atoms with Crippen LogP contribution in [-0.2, 0) is 13.6 Å². The molecular weight excluding hydrogens is 258 g/mol. The van der Waals surface area contributed by atoms with Crippen LogP contribution in [0.25, 0.3) is 0 Å². The third kappa shape index (κ3) is 2.53. The maximum atomic E-state index is 12.0. The van der Waals surface area contributed by atoms with Gasteiger partial charge >= 0.3 is 5.69 Å². The van der Waals surface area contributed by atoms with Gasteiger partial charge in [0.15, 0.2) is 0 Å². The van der Waals surface area contributed by atoms with Gasteiger partial charge in [-0.2, -0.15) is 5.26 Å². The van der Waals surface area contributed by atoms with Crippen molar-refractivity contribution in [2.45, 2.75) is 12.6 Å². The second kappa shape index (κ2) is 5.55. The molecule has 0 radical (unpaired) electrons. The fourth-order valence-corrected chi connectivity index (χ4v) is 1.92. The van der Waals surface area contributed by atoms with Gasteiger partial charge in [-0.15, -0.1) is 0 Å². The van der Waals surface area contributed by atoms with Crippen LogP contribution in [0.2, 0.25) is 0 Å². The van der Waals surface area contributed by atoms with E-state index in [2.05, 4.69) is 0 Å². The zero-order valence-corrected chi connectivity index (χ0v) is 10.9. The monoisotopic (exact) mass is 271 g/mol. The molecule has 0 saturated carbocycles. The number of hydrogen-bond acceptors (Lipinski definition) is 4. The Morgan fingerprint density at radius 3 is 2.55 bits per heavy atom. The third-order valence-electron chi connectivity index (χ3n) is 2.99. The van der Waals surface area contributed by atoms with Gasteiger partial charge in [-0.1, -0.05) is 30.3 Å². The van der Waals surface area contributed by atoms with Crippen LogP contribution in [0.1, 0.15) is 17.2 Å². The highest BCUT2D eigenvalue weighted by Crippen LogP contribution is 2.12. The number of benzene rings is 1. The summed E-state index contributed by atoms with van der Waals surface area (Å²) in [7, 11) is 1.45. The predicted octanol–water partition coefficient (Wildman–Crippen LogP) is 0.152. The van der Waals surface area contributed by atoms with Crippen LogP contribution in [0.4, 0.5) is 0 Å². The lowest BCUT2D eigenvalue weighted by Crippen LogP contribution is -2.41. The van der Waals surface area contributed by atoms with Gasteiger partial charge in [0.1, 0.15) is 11.6 Å². The molecule has 1 heterocycles. The molecule has 102 valence electrons. The number of nitriles is 1. The second-order valence-electron chi connectivity index (χ2n) is 4.39. The minimum atomic E-state index is -0.990. The number of aromatic nitrogens is 2. The molecule has 0 bridgehead atoms. The van der Waals surface area contributed by atoms with Crippen molar-refractivity contribution in [2.24, 2.45) is 7.05 Å². The summed E-state index contributed by atoms with van der Waals surface area (Å²) < 4.78 is 2.02. The highest BCUT2D eigenvalue weighted by Gasteiger charge is 2.14. The Morgan fingerprint density at radius 2 is 1.95 bits per heavy atom. The third-order valence-corrected chi connectivity index (χ3v) is 2.99. The van der Waals surface area contributed by atoms with Crippen LogP contribution in [-0.4, -0.2) is 14.2 Å². The summed E-state index contributed by atoms with van der Waals surface area (Å²) in [6, 6.07) is 10.5. The molecule has 0 aliphatic carbocycles. The molecule has 0 aliphatic heterocycles. The first-order valence-electron chi connectivity index (χ1n) is 5.98. The lowest BCUT2D eigenvalue weighted by Gasteiger charge is -2.13. The van der Waals surface area contributed by atoms with Gasteiger partial charge < -0.3 is 9.67 Å². The van der Waals surface area contributed by atoms with Crippen molar-refractivity contribution in [1.82, 2.24) is 9.13 Å². The molecule has 6 heteroatoms. The maximum Gasteiger partial charge on any atom is 0.330 e. The van der Waals surface area contributed by atoms with Gasteiger partial charge in [-0.25, -0.2) is 4.79 Å². The quantitative estimate of drug-likeness (QED) is 0.860. The highest BCUT2D eigenvalue weighted by atomic mass is 16.3. The Balaban J connectivity index is 2.45. The molecule has 1 N–H and O–H groups in total. The molecule has 0 aliphatic rings. The average Bonchev–Trinajstić information content (AvgIpc) is 2.48. The molecule has 0 saturated heterocycles. The first kappa shape index (κ1) is 13.8. The zero-order valence-electron chi connectivity index (χ0n) is 10.9. The summed E-state index contributed by atoms with van der Waals surface area (Å²) in [5.74, 6) is 0. The summed E-state index contributed by atoms with van der Waals surface area (Å²) in [4.78, 5) is 23.9. The van der Waals surface area contributed by atoms with Crippen molar-refractivity contribution < 1.29 is 5.11 Å². The largest absolute Gasteiger partial charge is 0.387 e. The first-order valence-corrected chi connectivity index (χ1v) is 5.98. The Bertz CT molecular complexity index is 769. The van der Waals surface area contributed by atoms with E-state index in [0.717, 1.165) is 9.13 Å². The molecule has 2 rings (SSSR count). The lowest BCUT2D eigenvalue weighted by molar-refractivity contribution is 0.152. The van der Waals surface area contributed by atoms with Crippen molar-refractivity contribution >= 4 is 0 Å². The van der Waals surface area contributed by atoms with E-state index in [-0.39, 0.29) is 12.1 Å². The van der Waals surface area contributed by atoms with Gasteiger partial charge in [0.05, 0.1) is 12.6 Å². The summed E-state index contributed by atoms with van der Waals surface area (Å²) in [6.07, 6.45) is 0.200. The minimum absolute atomic E-state index is 0.132. The topological polar surface area (TPSA) is 88.0 Å². The molecular formula is C14H13N3O3. The van der Waals surface area contributed by atoms with E-state index in [1.165, 1.54) is 13.2 Å². The summed E-state index contributed by atoms with van der Waals surface area (Å²) in [5.41, 5.74) is -0.786. The van der Waals surface area contributed by atoms with Crippen molar-refractivity contribution in [2.75, 3.05) is 0 Å². The molecule has 1 aromatic heterocycles. The second-order valence-corrected chi connectivity index (χ2v) is 4.39. The van der Waals surface area contributed by atoms with E-state index >= 15 is 0 Å². The summed E-state index contributed by atoms with van der Waals surface area (Å²) in [6.45, 7) is -0.189. The molecule has 6 nitrogen and oxygen atoms in total. The predicted molar refractivity (Wildman–Crippen MR) is 72.1 cm³/mol. The fourth-order valence-electron chi connectivity index (χ4n) is 1.92. The molecule has 0 fully saturated rings. The summed E-state index contributed by atoms with van der Waals surface area (Å²) >= 11 is 0. The van der Waals surface area contributed by atoms with Crippen LogP contribution in [0.5, 0.6) is 0 Å². The molecule has 0 spiro atoms. The molecule has 20 heavy (non-hydrogen) atoms. The number of hydrogen-bond donors (Lipinski definition) is 1. The van der Waals surface area contributed by atoms with Crippen molar-refractivity contribution in [3.8, 4) is 6.07 Å². The van der Waals surface area contributed by atoms with Crippen LogP contribution >= 0.6 is 0 Å². The van der Waals surface area contributed by atoms with Gasteiger partial charge in [-0.3, -0.25) is 9.36 Å². The molecule has 1 unspecified atom stereocenters. The number of aliphatic hydroxyl groups is 1. The maximum absolute atomic E-state index is 12.0. The number of nitrogens with zero attached hydrogens (tertiary/aromatic N) is 3. The Morgan fingerprint density at radius 1 is 1.30 bits per heavy atom. The normalized spacial score (nSPS) is 11.8. The molecule has 1 atom stereocenters. The fraction of sp³-hybridized carbons (Fsp3) is 0.214. The van der Waals surface area contributed by atoms with Crippen molar-refractivity contribution in [3.63, 3.8) is 0 Å². The smallest absolute Gasteiger partial charge is 0.330 e. The number of aliphatic hydroxyl groups excluding tert-OH is 1. The van der Waals surface area contributed by atoms with Gasteiger partial charge in [0, 0.05) is 13.2 Å². The van der Waals surface area contributed by atoms with E-state index < -0.39 is 17.4 Å². The SMILES string of the molecule is Cn1cc(C#N)c(=O)n(CC(O)c2ccccc2)c1=O. The van der Waals surface area contributed by atoms with Crippen LogP contribution in [0, 0.1) is 11.3 Å². The number of rotatable bonds is 3. The minimum Gasteiger partial charge on any atom is -0.387 e. The first-order chi connectivity index (χ1) is 9.54. The van der Waals surface area contributed by atoms with E-state index in [4.69, 9.17) is 5.26 Å². The van der Waals surface area contributed by atoms with Crippen LogP contribution < -0.4 is 11.2 Å². The van der Waals surface area contributed by atoms with E-state index in [1.54, 1.807) is 36.4 Å². The highest BCUT2D eigenvalue weighted by molar-refractivity contribution is 5.23. The van der Waals surface area contributed by atoms with Gasteiger partial charge in [0.2, 0.25) is 0 Å². The average molecular weight is 271 g/mol. The number of aryl methyl sites for hydroxylation is 1. The van der Waals surface area contributed by atoms with Crippen LogP contribution in [0.15, 0.2) is 46.1 Å². The van der Waals surface area contributed by atoms with E-state index in [0.29, 0.717) is 5.56 Å². The summed E-state index contributed by atoms with van der Waals surface area (Å²) in [5, 5.41) is 19.0. The Kier molecular flexibility index (Phi) is 3.82. The Labute approximate surface area is 114 Å². The lowest BCUT2D eigenvalue weighted by atomic mass is 10.1. The van der Waals surface area contributed by atoms with Gasteiger partial charge in [0.25, 0.3) is 5.56 Å². The van der Waals surface area contributed by atoms with Gasteiger partial charge in [-0.05, 0) is 5.56 Å². The van der Waals surface area contributed by atoms with E-state index in [9.17, 15) is 14.7 Å². The van der Waals surface area contributed by atoms with Crippen LogP contribution in [0.3, 0.4) is 0 Å². The Hall–Kier alpha value is -2.65. The van der Waals surface area contributed by atoms with E-state index in [1.807, 2.05) is 0 Å². The van der Waals surface area contributed by atoms with Crippen molar-refractivity contribution in [3.05, 3.63) is 68.5 Å².